The second-order valence-corrected chi connectivity index (χ2v) is 8.10. The van der Waals surface area contributed by atoms with Crippen molar-refractivity contribution in [3.8, 4) is 5.75 Å². The summed E-state index contributed by atoms with van der Waals surface area (Å²) in [5, 5.41) is 9.21. The van der Waals surface area contributed by atoms with Gasteiger partial charge in [-0.25, -0.2) is 14.2 Å². The van der Waals surface area contributed by atoms with E-state index in [2.05, 4.69) is 16.5 Å². The van der Waals surface area contributed by atoms with Crippen LogP contribution in [0.3, 0.4) is 0 Å². The van der Waals surface area contributed by atoms with Crippen LogP contribution in [-0.4, -0.2) is 64.0 Å². The van der Waals surface area contributed by atoms with Crippen LogP contribution >= 0.6 is 0 Å². The number of benzene rings is 1. The van der Waals surface area contributed by atoms with E-state index >= 15 is 0 Å². The van der Waals surface area contributed by atoms with Crippen LogP contribution in [0.5, 0.6) is 5.75 Å². The lowest BCUT2D eigenvalue weighted by Gasteiger charge is -2.40. The van der Waals surface area contributed by atoms with E-state index in [1.54, 1.807) is 30.9 Å². The summed E-state index contributed by atoms with van der Waals surface area (Å²) in [6.07, 6.45) is 2.19. The largest absolute Gasteiger partial charge is 0.483 e. The van der Waals surface area contributed by atoms with Crippen molar-refractivity contribution in [1.29, 1.82) is 0 Å². The number of carboxylic acid groups (broad SMARTS) is 1. The number of aromatic carboxylic acids is 1. The number of carboxylic acids is 1. The van der Waals surface area contributed by atoms with Crippen LogP contribution in [0.2, 0.25) is 0 Å². The molecule has 1 aliphatic heterocycles. The molecule has 7 nitrogen and oxygen atoms in total. The first-order chi connectivity index (χ1) is 15.2. The van der Waals surface area contributed by atoms with Crippen LogP contribution < -0.4 is 4.74 Å². The van der Waals surface area contributed by atoms with E-state index in [1.807, 2.05) is 13.0 Å². The summed E-state index contributed by atoms with van der Waals surface area (Å²) in [7, 11) is 0. The summed E-state index contributed by atoms with van der Waals surface area (Å²) in [5.41, 5.74) is 1.66. The molecule has 1 unspecified atom stereocenters. The molecule has 3 rings (SSSR count). The number of halogens is 1. The molecule has 1 aromatic carbocycles. The molecule has 0 spiro atoms. The van der Waals surface area contributed by atoms with Gasteiger partial charge in [0.05, 0.1) is 6.20 Å². The van der Waals surface area contributed by atoms with Gasteiger partial charge in [-0.1, -0.05) is 18.7 Å². The Kier molecular flexibility index (Phi) is 7.25. The SMILES string of the molecule is C=CC(=O)N1CCN(C[C@H](Oc2cnc(C(=O)O)c(C)c2)c2ccc(C)c(F)c2)CC1C. The number of pyridine rings is 1. The van der Waals surface area contributed by atoms with Crippen LogP contribution in [0.15, 0.2) is 43.1 Å². The molecular weight excluding hydrogens is 413 g/mol. The quantitative estimate of drug-likeness (QED) is 0.664. The number of hydrogen-bond donors (Lipinski definition) is 1. The third-order valence-electron chi connectivity index (χ3n) is 5.70. The fraction of sp³-hybridized carbons (Fsp3) is 0.375. The normalized spacial score (nSPS) is 17.6. The first-order valence-electron chi connectivity index (χ1n) is 10.5. The molecule has 1 fully saturated rings. The molecule has 1 aliphatic rings. The minimum absolute atomic E-state index is 0.00316. The van der Waals surface area contributed by atoms with Crippen LogP contribution in [0.4, 0.5) is 4.39 Å². The number of ether oxygens (including phenoxy) is 1. The summed E-state index contributed by atoms with van der Waals surface area (Å²) in [6.45, 7) is 11.2. The lowest BCUT2D eigenvalue weighted by molar-refractivity contribution is -0.130. The summed E-state index contributed by atoms with van der Waals surface area (Å²) >= 11 is 0. The number of hydrogen-bond acceptors (Lipinski definition) is 5. The van der Waals surface area contributed by atoms with Gasteiger partial charge in [0.25, 0.3) is 0 Å². The van der Waals surface area contributed by atoms with Gasteiger partial charge in [-0.15, -0.1) is 0 Å². The summed E-state index contributed by atoms with van der Waals surface area (Å²) < 4.78 is 20.5. The Labute approximate surface area is 187 Å². The Bertz CT molecular complexity index is 1030. The van der Waals surface area contributed by atoms with E-state index < -0.39 is 12.1 Å². The number of carbonyl (C=O) groups excluding carboxylic acids is 1. The molecule has 2 atom stereocenters. The van der Waals surface area contributed by atoms with Gasteiger partial charge in [-0.3, -0.25) is 9.69 Å². The van der Waals surface area contributed by atoms with Crippen LogP contribution in [0.25, 0.3) is 0 Å². The monoisotopic (exact) mass is 441 g/mol. The smallest absolute Gasteiger partial charge is 0.354 e. The molecular formula is C24H28FN3O4. The van der Waals surface area contributed by atoms with Crippen LogP contribution in [-0.2, 0) is 4.79 Å². The Hall–Kier alpha value is -3.26. The average Bonchev–Trinajstić information content (AvgIpc) is 2.74. The highest BCUT2D eigenvalue weighted by Gasteiger charge is 2.29. The maximum atomic E-state index is 14.3. The van der Waals surface area contributed by atoms with Crippen molar-refractivity contribution < 1.29 is 23.8 Å². The lowest BCUT2D eigenvalue weighted by atomic mass is 10.0. The highest BCUT2D eigenvalue weighted by Crippen LogP contribution is 2.26. The number of rotatable bonds is 7. The Morgan fingerprint density at radius 3 is 2.66 bits per heavy atom. The fourth-order valence-corrected chi connectivity index (χ4v) is 3.90. The van der Waals surface area contributed by atoms with Crippen molar-refractivity contribution in [2.24, 2.45) is 0 Å². The predicted molar refractivity (Wildman–Crippen MR) is 118 cm³/mol. The molecule has 170 valence electrons. The minimum Gasteiger partial charge on any atom is -0.483 e. The molecule has 32 heavy (non-hydrogen) atoms. The Morgan fingerprint density at radius 2 is 2.06 bits per heavy atom. The fourth-order valence-electron chi connectivity index (χ4n) is 3.90. The summed E-state index contributed by atoms with van der Waals surface area (Å²) in [5.74, 6) is -1.11. The van der Waals surface area contributed by atoms with E-state index in [0.29, 0.717) is 48.6 Å². The molecule has 0 saturated carbocycles. The minimum atomic E-state index is -1.10. The van der Waals surface area contributed by atoms with Gasteiger partial charge in [-0.05, 0) is 55.7 Å². The zero-order chi connectivity index (χ0) is 23.4. The van der Waals surface area contributed by atoms with Crippen molar-refractivity contribution in [3.63, 3.8) is 0 Å². The lowest BCUT2D eigenvalue weighted by Crippen LogP contribution is -2.54. The molecule has 2 aromatic rings. The number of nitrogens with zero attached hydrogens (tertiary/aromatic N) is 3. The predicted octanol–water partition coefficient (Wildman–Crippen LogP) is 3.37. The molecule has 1 aromatic heterocycles. The van der Waals surface area contributed by atoms with Gasteiger partial charge < -0.3 is 14.7 Å². The topological polar surface area (TPSA) is 83.0 Å². The molecule has 1 amide bonds. The van der Waals surface area contributed by atoms with Crippen LogP contribution in [0, 0.1) is 19.7 Å². The number of carbonyl (C=O) groups is 2. The van der Waals surface area contributed by atoms with Gasteiger partial charge in [0.1, 0.15) is 17.7 Å². The summed E-state index contributed by atoms with van der Waals surface area (Å²) in [4.78, 5) is 31.2. The molecule has 1 N–H and O–H groups in total. The van der Waals surface area contributed by atoms with E-state index in [9.17, 15) is 19.1 Å². The van der Waals surface area contributed by atoms with Gasteiger partial charge in [0.2, 0.25) is 5.91 Å². The molecule has 0 bridgehead atoms. The van der Waals surface area contributed by atoms with E-state index in [1.165, 1.54) is 18.3 Å². The standard InChI is InChI=1S/C24H28FN3O4/c1-5-22(29)28-9-8-27(13-17(28)4)14-21(18-7-6-15(2)20(25)11-18)32-19-10-16(3)23(24(30)31)26-12-19/h5-7,10-12,17,21H,1,8-9,13-14H2,2-4H3,(H,30,31)/t17?,21-/m0/s1. The zero-order valence-electron chi connectivity index (χ0n) is 18.5. The second-order valence-electron chi connectivity index (χ2n) is 8.10. The average molecular weight is 442 g/mol. The van der Waals surface area contributed by atoms with Crippen molar-refractivity contribution in [3.05, 3.63) is 71.3 Å². The zero-order valence-corrected chi connectivity index (χ0v) is 18.5. The summed E-state index contributed by atoms with van der Waals surface area (Å²) in [6, 6.07) is 6.63. The van der Waals surface area contributed by atoms with Crippen molar-refractivity contribution in [1.82, 2.24) is 14.8 Å². The maximum Gasteiger partial charge on any atom is 0.354 e. The van der Waals surface area contributed by atoms with Crippen molar-refractivity contribution >= 4 is 11.9 Å². The molecule has 0 radical (unpaired) electrons. The first-order valence-corrected chi connectivity index (χ1v) is 10.5. The molecule has 1 saturated heterocycles. The number of aromatic nitrogens is 1. The van der Waals surface area contributed by atoms with Gasteiger partial charge in [0.15, 0.2) is 5.69 Å². The third kappa shape index (κ3) is 5.31. The van der Waals surface area contributed by atoms with Crippen molar-refractivity contribution in [2.75, 3.05) is 26.2 Å². The number of amides is 1. The van der Waals surface area contributed by atoms with Gasteiger partial charge in [0, 0.05) is 32.2 Å². The van der Waals surface area contributed by atoms with E-state index in [-0.39, 0.29) is 23.5 Å². The Balaban J connectivity index is 1.83. The molecule has 2 heterocycles. The molecule has 0 aliphatic carbocycles. The Morgan fingerprint density at radius 1 is 1.31 bits per heavy atom. The number of piperazine rings is 1. The maximum absolute atomic E-state index is 14.3. The highest BCUT2D eigenvalue weighted by molar-refractivity contribution is 5.87. The third-order valence-corrected chi connectivity index (χ3v) is 5.70. The van der Waals surface area contributed by atoms with Gasteiger partial charge >= 0.3 is 5.97 Å². The van der Waals surface area contributed by atoms with E-state index in [4.69, 9.17) is 4.74 Å². The highest BCUT2D eigenvalue weighted by atomic mass is 19.1. The van der Waals surface area contributed by atoms with Crippen molar-refractivity contribution in [2.45, 2.75) is 32.9 Å². The van der Waals surface area contributed by atoms with Gasteiger partial charge in [-0.2, -0.15) is 0 Å². The first kappa shape index (κ1) is 23.4. The van der Waals surface area contributed by atoms with E-state index in [0.717, 1.165) is 0 Å². The second kappa shape index (κ2) is 9.91. The number of aryl methyl sites for hydroxylation is 2. The molecule has 8 heteroatoms. The van der Waals surface area contributed by atoms with Crippen LogP contribution in [0.1, 0.15) is 40.2 Å².